The summed E-state index contributed by atoms with van der Waals surface area (Å²) in [7, 11) is 0. The Balaban J connectivity index is 1.28. The largest absolute Gasteiger partial charge is 0.308 e. The second-order valence-electron chi connectivity index (χ2n) is 11.3. The molecule has 5 nitrogen and oxygen atoms in total. The van der Waals surface area contributed by atoms with Crippen molar-refractivity contribution in [1.82, 2.24) is 23.9 Å². The van der Waals surface area contributed by atoms with Crippen LogP contribution in [0.4, 0.5) is 0 Å². The number of rotatable bonds is 3. The van der Waals surface area contributed by atoms with E-state index in [1.807, 2.05) is 18.2 Å². The van der Waals surface area contributed by atoms with Crippen LogP contribution in [0.1, 0.15) is 0 Å². The molecule has 0 aliphatic carbocycles. The zero-order valence-electron chi connectivity index (χ0n) is 23.5. The first-order valence-corrected chi connectivity index (χ1v) is 14.8. The van der Waals surface area contributed by atoms with Crippen molar-refractivity contribution < 1.29 is 0 Å². The van der Waals surface area contributed by atoms with Crippen molar-refractivity contribution in [1.29, 1.82) is 0 Å². The molecule has 10 rings (SSSR count). The van der Waals surface area contributed by atoms with Gasteiger partial charge >= 0.3 is 0 Å². The summed E-state index contributed by atoms with van der Waals surface area (Å²) in [6.07, 6.45) is 0. The normalized spacial score (nSPS) is 12.1. The van der Waals surface area contributed by atoms with E-state index in [2.05, 4.69) is 130 Å². The first-order valence-electron chi connectivity index (χ1n) is 14.8. The molecule has 0 aliphatic rings. The predicted octanol–water partition coefficient (Wildman–Crippen LogP) is 9.45. The summed E-state index contributed by atoms with van der Waals surface area (Å²) in [5, 5.41) is 7.36. The highest BCUT2D eigenvalue weighted by molar-refractivity contribution is 6.23. The average Bonchev–Trinajstić information content (AvgIpc) is 3.73. The molecular weight excluding hydrogens is 538 g/mol. The third-order valence-electron chi connectivity index (χ3n) is 8.92. The summed E-state index contributed by atoms with van der Waals surface area (Å²) in [6, 6.07) is 48.9. The summed E-state index contributed by atoms with van der Waals surface area (Å²) in [4.78, 5) is 15.3. The number of para-hydroxylation sites is 4. The highest BCUT2D eigenvalue weighted by Gasteiger charge is 2.20. The lowest BCUT2D eigenvalue weighted by atomic mass is 10.1. The van der Waals surface area contributed by atoms with Gasteiger partial charge in [-0.3, -0.25) is 4.57 Å². The van der Waals surface area contributed by atoms with Gasteiger partial charge in [-0.15, -0.1) is 0 Å². The Morgan fingerprint density at radius 3 is 1.57 bits per heavy atom. The second kappa shape index (κ2) is 8.72. The molecule has 4 heterocycles. The zero-order valence-corrected chi connectivity index (χ0v) is 23.5. The number of fused-ring (bicyclic) bond motifs is 9. The molecule has 44 heavy (non-hydrogen) atoms. The van der Waals surface area contributed by atoms with Gasteiger partial charge in [0.1, 0.15) is 0 Å². The Labute approximate surface area is 251 Å². The van der Waals surface area contributed by atoms with Crippen LogP contribution in [0.15, 0.2) is 140 Å². The highest BCUT2D eigenvalue weighted by atomic mass is 15.2. The van der Waals surface area contributed by atoms with Gasteiger partial charge in [-0.25, -0.2) is 4.98 Å². The highest BCUT2D eigenvalue weighted by Crippen LogP contribution is 2.40. The van der Waals surface area contributed by atoms with Gasteiger partial charge in [0, 0.05) is 43.4 Å². The summed E-state index contributed by atoms with van der Waals surface area (Å²) in [6.45, 7) is 0. The predicted molar refractivity (Wildman–Crippen MR) is 180 cm³/mol. The number of nitrogens with zero attached hydrogens (tertiary/aromatic N) is 5. The van der Waals surface area contributed by atoms with Crippen LogP contribution in [0.2, 0.25) is 0 Å². The summed E-state index contributed by atoms with van der Waals surface area (Å²) in [5.74, 6) is 1.89. The van der Waals surface area contributed by atoms with Crippen molar-refractivity contribution in [2.45, 2.75) is 0 Å². The first kappa shape index (κ1) is 23.5. The Bertz CT molecular complexity index is 2660. The van der Waals surface area contributed by atoms with Gasteiger partial charge in [0.15, 0.2) is 11.6 Å². The molecule has 0 atom stereocenters. The molecular formula is C39H23N5. The van der Waals surface area contributed by atoms with E-state index in [4.69, 9.17) is 15.0 Å². The van der Waals surface area contributed by atoms with Crippen molar-refractivity contribution in [2.75, 3.05) is 0 Å². The Morgan fingerprint density at radius 1 is 0.364 bits per heavy atom. The van der Waals surface area contributed by atoms with Crippen molar-refractivity contribution in [3.63, 3.8) is 0 Å². The van der Waals surface area contributed by atoms with E-state index in [1.54, 1.807) is 0 Å². The number of benzene rings is 6. The van der Waals surface area contributed by atoms with E-state index in [9.17, 15) is 0 Å². The van der Waals surface area contributed by atoms with Crippen LogP contribution in [0.5, 0.6) is 0 Å². The molecule has 0 radical (unpaired) electrons. The molecule has 10 aromatic rings. The topological polar surface area (TPSA) is 48.0 Å². The fourth-order valence-corrected chi connectivity index (χ4v) is 7.02. The Kier molecular flexibility index (Phi) is 4.66. The van der Waals surface area contributed by atoms with Crippen molar-refractivity contribution >= 4 is 59.9 Å². The number of hydrogen-bond acceptors (Lipinski definition) is 3. The minimum Gasteiger partial charge on any atom is -0.308 e. The van der Waals surface area contributed by atoms with Crippen LogP contribution in [-0.2, 0) is 0 Å². The summed E-state index contributed by atoms with van der Waals surface area (Å²) >= 11 is 0. The molecule has 5 heteroatoms. The maximum absolute atomic E-state index is 5.18. The SMILES string of the molecule is c1ccc(-c2nc(-c3ccc4c5cccc6c7ccccc7n(c4c3)c65)nc(-n3c4ccccc4c4ccccc43)n2)cc1. The molecule has 0 saturated heterocycles. The third-order valence-corrected chi connectivity index (χ3v) is 8.92. The molecule has 6 aromatic carbocycles. The molecule has 0 bridgehead atoms. The van der Waals surface area contributed by atoms with Crippen LogP contribution in [0.25, 0.3) is 88.6 Å². The van der Waals surface area contributed by atoms with Crippen LogP contribution in [0, 0.1) is 0 Å². The lowest BCUT2D eigenvalue weighted by Gasteiger charge is -2.11. The first-order chi connectivity index (χ1) is 21.8. The third kappa shape index (κ3) is 3.15. The van der Waals surface area contributed by atoms with Crippen LogP contribution < -0.4 is 0 Å². The van der Waals surface area contributed by atoms with Crippen LogP contribution in [-0.4, -0.2) is 23.9 Å². The van der Waals surface area contributed by atoms with E-state index in [1.165, 1.54) is 43.4 Å². The van der Waals surface area contributed by atoms with E-state index >= 15 is 0 Å². The van der Waals surface area contributed by atoms with Gasteiger partial charge in [0.2, 0.25) is 5.95 Å². The molecule has 0 saturated carbocycles. The zero-order chi connectivity index (χ0) is 28.8. The molecule has 0 aliphatic heterocycles. The fourth-order valence-electron chi connectivity index (χ4n) is 7.02. The molecule has 0 N–H and O–H groups in total. The van der Waals surface area contributed by atoms with Crippen LogP contribution in [0.3, 0.4) is 0 Å². The van der Waals surface area contributed by atoms with Gasteiger partial charge in [0.05, 0.1) is 27.6 Å². The Hall–Kier alpha value is -6.07. The van der Waals surface area contributed by atoms with Gasteiger partial charge in [-0.05, 0) is 24.3 Å². The van der Waals surface area contributed by atoms with Crippen LogP contribution >= 0.6 is 0 Å². The molecule has 0 amide bonds. The monoisotopic (exact) mass is 561 g/mol. The van der Waals surface area contributed by atoms with E-state index in [0.717, 1.165) is 27.7 Å². The van der Waals surface area contributed by atoms with Crippen molar-refractivity contribution in [3.8, 4) is 28.7 Å². The Morgan fingerprint density at radius 2 is 0.886 bits per heavy atom. The van der Waals surface area contributed by atoms with E-state index < -0.39 is 0 Å². The quantitative estimate of drug-likeness (QED) is 0.216. The number of aromatic nitrogens is 5. The maximum Gasteiger partial charge on any atom is 0.238 e. The molecule has 0 spiro atoms. The van der Waals surface area contributed by atoms with E-state index in [0.29, 0.717) is 17.6 Å². The lowest BCUT2D eigenvalue weighted by molar-refractivity contribution is 0.953. The average molecular weight is 562 g/mol. The van der Waals surface area contributed by atoms with Gasteiger partial charge in [-0.1, -0.05) is 115 Å². The smallest absolute Gasteiger partial charge is 0.238 e. The van der Waals surface area contributed by atoms with E-state index in [-0.39, 0.29) is 0 Å². The van der Waals surface area contributed by atoms with Gasteiger partial charge < -0.3 is 4.40 Å². The summed E-state index contributed by atoms with van der Waals surface area (Å²) in [5.41, 5.74) is 7.64. The second-order valence-corrected chi connectivity index (χ2v) is 11.3. The maximum atomic E-state index is 5.18. The standard InChI is InChI=1S/C39H23N5/c1-2-11-24(12-3-1)37-40-38(42-39(41-37)44-33-19-8-4-13-26(33)27-14-5-9-20-34(27)44)25-21-22-29-31-17-10-16-30-28-15-6-7-18-32(28)43(36(30)31)35(29)23-25/h1-23H. The molecule has 0 fully saturated rings. The number of hydrogen-bond donors (Lipinski definition) is 0. The van der Waals surface area contributed by atoms with Crippen molar-refractivity contribution in [2.24, 2.45) is 0 Å². The minimum atomic E-state index is 0.601. The lowest BCUT2D eigenvalue weighted by Crippen LogP contribution is -2.06. The minimum absolute atomic E-state index is 0.601. The molecule has 4 aromatic heterocycles. The molecule has 0 unspecified atom stereocenters. The summed E-state index contributed by atoms with van der Waals surface area (Å²) < 4.78 is 4.56. The van der Waals surface area contributed by atoms with Gasteiger partial charge in [-0.2, -0.15) is 9.97 Å². The fraction of sp³-hybridized carbons (Fsp3) is 0. The van der Waals surface area contributed by atoms with Crippen molar-refractivity contribution in [3.05, 3.63) is 140 Å². The molecule has 204 valence electrons. The van der Waals surface area contributed by atoms with Gasteiger partial charge in [0.25, 0.3) is 0 Å².